The van der Waals surface area contributed by atoms with E-state index in [4.69, 9.17) is 9.84 Å². The van der Waals surface area contributed by atoms with Crippen molar-refractivity contribution in [2.45, 2.75) is 27.7 Å². The summed E-state index contributed by atoms with van der Waals surface area (Å²) < 4.78 is 5.45. The Kier molecular flexibility index (Phi) is 5.81. The van der Waals surface area contributed by atoms with Gasteiger partial charge < -0.3 is 9.84 Å². The standard InChI is InChI=1S/C22H24O3/c1-14(11-22(23)24)7-6-8-15(2)18-9-10-19-17(4)21(25-5)12-16(3)20(19)13-18/h6-13H,1-5H3,(H,23,24). The predicted molar refractivity (Wildman–Crippen MR) is 104 cm³/mol. The molecule has 2 aromatic carbocycles. The maximum absolute atomic E-state index is 10.6. The molecule has 0 spiro atoms. The molecule has 0 fully saturated rings. The van der Waals surface area contributed by atoms with Gasteiger partial charge in [-0.3, -0.25) is 0 Å². The molecule has 0 heterocycles. The first-order valence-corrected chi connectivity index (χ1v) is 8.18. The summed E-state index contributed by atoms with van der Waals surface area (Å²) in [6, 6.07) is 8.50. The van der Waals surface area contributed by atoms with Crippen LogP contribution in [0.25, 0.3) is 16.3 Å². The Balaban J connectivity index is 2.38. The lowest BCUT2D eigenvalue weighted by atomic mass is 9.96. The maximum Gasteiger partial charge on any atom is 0.328 e. The third kappa shape index (κ3) is 4.38. The Morgan fingerprint density at radius 2 is 1.84 bits per heavy atom. The lowest BCUT2D eigenvalue weighted by Crippen LogP contribution is -1.92. The van der Waals surface area contributed by atoms with E-state index in [1.54, 1.807) is 20.1 Å². The fraction of sp³-hybridized carbons (Fsp3) is 0.227. The summed E-state index contributed by atoms with van der Waals surface area (Å²) in [4.78, 5) is 10.6. The van der Waals surface area contributed by atoms with Gasteiger partial charge in [0.1, 0.15) is 5.75 Å². The highest BCUT2D eigenvalue weighted by Crippen LogP contribution is 2.32. The van der Waals surface area contributed by atoms with Gasteiger partial charge in [0.2, 0.25) is 0 Å². The van der Waals surface area contributed by atoms with Crippen molar-refractivity contribution in [3.8, 4) is 5.75 Å². The molecule has 0 saturated carbocycles. The van der Waals surface area contributed by atoms with Gasteiger partial charge in [-0.25, -0.2) is 4.79 Å². The van der Waals surface area contributed by atoms with Gasteiger partial charge >= 0.3 is 5.97 Å². The lowest BCUT2D eigenvalue weighted by molar-refractivity contribution is -0.131. The molecule has 2 rings (SSSR count). The van der Waals surface area contributed by atoms with Crippen LogP contribution in [0.4, 0.5) is 0 Å². The van der Waals surface area contributed by atoms with Crippen LogP contribution in [0.1, 0.15) is 30.5 Å². The number of aryl methyl sites for hydroxylation is 2. The second-order valence-electron chi connectivity index (χ2n) is 6.22. The number of carboxylic acid groups (broad SMARTS) is 1. The first kappa shape index (κ1) is 18.5. The molecule has 0 unspecified atom stereocenters. The number of fused-ring (bicyclic) bond motifs is 1. The Bertz CT molecular complexity index is 899. The quantitative estimate of drug-likeness (QED) is 0.583. The minimum Gasteiger partial charge on any atom is -0.496 e. The van der Waals surface area contributed by atoms with E-state index in [0.717, 1.165) is 22.4 Å². The molecule has 0 atom stereocenters. The van der Waals surface area contributed by atoms with Gasteiger partial charge in [-0.1, -0.05) is 30.4 Å². The minimum atomic E-state index is -0.932. The SMILES string of the molecule is COc1cc(C)c2cc(C(C)=CC=CC(C)=CC(=O)O)ccc2c1C. The van der Waals surface area contributed by atoms with Gasteiger partial charge in [-0.15, -0.1) is 0 Å². The summed E-state index contributed by atoms with van der Waals surface area (Å²) in [6.07, 6.45) is 6.85. The van der Waals surface area contributed by atoms with E-state index >= 15 is 0 Å². The van der Waals surface area contributed by atoms with Crippen LogP contribution in [0, 0.1) is 13.8 Å². The molecule has 3 nitrogen and oxygen atoms in total. The van der Waals surface area contributed by atoms with E-state index in [9.17, 15) is 4.79 Å². The third-order valence-corrected chi connectivity index (χ3v) is 4.30. The molecule has 0 aliphatic heterocycles. The Hall–Kier alpha value is -2.81. The summed E-state index contributed by atoms with van der Waals surface area (Å²) in [6.45, 7) is 7.98. The second kappa shape index (κ2) is 7.84. The number of methoxy groups -OCH3 is 1. The van der Waals surface area contributed by atoms with Crippen LogP contribution in [0.2, 0.25) is 0 Å². The van der Waals surface area contributed by atoms with Crippen LogP contribution >= 0.6 is 0 Å². The number of carboxylic acids is 1. The molecule has 1 N–H and O–H groups in total. The number of aliphatic carboxylic acids is 1. The van der Waals surface area contributed by atoms with E-state index in [1.807, 2.05) is 19.1 Å². The molecule has 130 valence electrons. The lowest BCUT2D eigenvalue weighted by Gasteiger charge is -2.12. The van der Waals surface area contributed by atoms with Crippen molar-refractivity contribution in [3.63, 3.8) is 0 Å². The van der Waals surface area contributed by atoms with E-state index < -0.39 is 5.97 Å². The molecule has 2 aromatic rings. The zero-order chi connectivity index (χ0) is 18.6. The number of carbonyl (C=O) groups is 1. The Labute approximate surface area is 148 Å². The van der Waals surface area contributed by atoms with Gasteiger partial charge in [0.25, 0.3) is 0 Å². The van der Waals surface area contributed by atoms with Crippen molar-refractivity contribution in [2.75, 3.05) is 7.11 Å². The largest absolute Gasteiger partial charge is 0.496 e. The number of ether oxygens (including phenoxy) is 1. The van der Waals surface area contributed by atoms with Crippen LogP contribution in [-0.4, -0.2) is 18.2 Å². The maximum atomic E-state index is 10.6. The third-order valence-electron chi connectivity index (χ3n) is 4.30. The monoisotopic (exact) mass is 336 g/mol. The number of hydrogen-bond donors (Lipinski definition) is 1. The highest BCUT2D eigenvalue weighted by molar-refractivity contribution is 5.92. The molecular weight excluding hydrogens is 312 g/mol. The molecule has 0 radical (unpaired) electrons. The van der Waals surface area contributed by atoms with Crippen LogP contribution in [0.5, 0.6) is 5.75 Å². The molecule has 0 saturated heterocycles. The zero-order valence-corrected chi connectivity index (χ0v) is 15.4. The fourth-order valence-electron chi connectivity index (χ4n) is 2.85. The van der Waals surface area contributed by atoms with E-state index in [0.29, 0.717) is 5.57 Å². The first-order chi connectivity index (χ1) is 11.8. The van der Waals surface area contributed by atoms with Crippen LogP contribution in [-0.2, 0) is 4.79 Å². The molecule has 3 heteroatoms. The number of benzene rings is 2. The Morgan fingerprint density at radius 3 is 2.48 bits per heavy atom. The topological polar surface area (TPSA) is 46.5 Å². The van der Waals surface area contributed by atoms with Crippen molar-refractivity contribution >= 4 is 22.3 Å². The summed E-state index contributed by atoms with van der Waals surface area (Å²) in [5.41, 5.74) is 5.29. The first-order valence-electron chi connectivity index (χ1n) is 8.18. The van der Waals surface area contributed by atoms with Crippen molar-refractivity contribution < 1.29 is 14.6 Å². The fourth-order valence-corrected chi connectivity index (χ4v) is 2.85. The predicted octanol–water partition coefficient (Wildman–Crippen LogP) is 5.46. The van der Waals surface area contributed by atoms with Crippen molar-refractivity contribution in [2.24, 2.45) is 0 Å². The molecular formula is C22H24O3. The molecule has 0 aliphatic carbocycles. The van der Waals surface area contributed by atoms with Gasteiger partial charge in [0.15, 0.2) is 0 Å². The summed E-state index contributed by atoms with van der Waals surface area (Å²) in [7, 11) is 1.70. The van der Waals surface area contributed by atoms with Gasteiger partial charge in [0.05, 0.1) is 7.11 Å². The average molecular weight is 336 g/mol. The van der Waals surface area contributed by atoms with Crippen LogP contribution in [0.3, 0.4) is 0 Å². The molecule has 0 amide bonds. The highest BCUT2D eigenvalue weighted by Gasteiger charge is 2.08. The molecule has 0 bridgehead atoms. The van der Waals surface area contributed by atoms with Crippen molar-refractivity contribution in [1.29, 1.82) is 0 Å². The molecule has 0 aliphatic rings. The van der Waals surface area contributed by atoms with Crippen molar-refractivity contribution in [1.82, 2.24) is 0 Å². The summed E-state index contributed by atoms with van der Waals surface area (Å²) >= 11 is 0. The summed E-state index contributed by atoms with van der Waals surface area (Å²) in [5, 5.41) is 11.1. The van der Waals surface area contributed by atoms with Gasteiger partial charge in [0, 0.05) is 6.08 Å². The normalized spacial score (nSPS) is 12.8. The smallest absolute Gasteiger partial charge is 0.328 e. The zero-order valence-electron chi connectivity index (χ0n) is 15.4. The number of rotatable bonds is 5. The van der Waals surface area contributed by atoms with E-state index in [2.05, 4.69) is 38.1 Å². The van der Waals surface area contributed by atoms with Gasteiger partial charge in [-0.05, 0) is 78.4 Å². The number of allylic oxidation sites excluding steroid dienone is 5. The number of hydrogen-bond acceptors (Lipinski definition) is 2. The molecule has 25 heavy (non-hydrogen) atoms. The van der Waals surface area contributed by atoms with Gasteiger partial charge in [-0.2, -0.15) is 0 Å². The van der Waals surface area contributed by atoms with E-state index in [1.165, 1.54) is 22.4 Å². The molecule has 0 aromatic heterocycles. The Morgan fingerprint density at radius 1 is 1.12 bits per heavy atom. The van der Waals surface area contributed by atoms with Crippen LogP contribution in [0.15, 0.2) is 54.1 Å². The minimum absolute atomic E-state index is 0.702. The highest BCUT2D eigenvalue weighted by atomic mass is 16.5. The van der Waals surface area contributed by atoms with E-state index in [-0.39, 0.29) is 0 Å². The summed E-state index contributed by atoms with van der Waals surface area (Å²) in [5.74, 6) is -0.0210. The second-order valence-corrected chi connectivity index (χ2v) is 6.22. The average Bonchev–Trinajstić information content (AvgIpc) is 2.56. The van der Waals surface area contributed by atoms with Crippen LogP contribution < -0.4 is 4.74 Å². The van der Waals surface area contributed by atoms with Crippen molar-refractivity contribution in [3.05, 3.63) is 70.8 Å².